The minimum Gasteiger partial charge on any atom is -0.398 e. The maximum atomic E-state index is 12.0. The van der Waals surface area contributed by atoms with Gasteiger partial charge in [-0.15, -0.1) is 0 Å². The van der Waals surface area contributed by atoms with Crippen LogP contribution in [0.5, 0.6) is 0 Å². The van der Waals surface area contributed by atoms with E-state index in [9.17, 15) is 8.42 Å². The second kappa shape index (κ2) is 5.78. The minimum atomic E-state index is -3.64. The highest BCUT2D eigenvalue weighted by Crippen LogP contribution is 2.22. The molecule has 3 N–H and O–H groups in total. The summed E-state index contributed by atoms with van der Waals surface area (Å²) in [5.74, 6) is 0.883. The van der Waals surface area contributed by atoms with E-state index < -0.39 is 10.0 Å². The zero-order chi connectivity index (χ0) is 14.8. The lowest BCUT2D eigenvalue weighted by atomic mass is 10.3. The molecule has 108 valence electrons. The van der Waals surface area contributed by atoms with Crippen molar-refractivity contribution in [3.63, 3.8) is 0 Å². The fourth-order valence-electron chi connectivity index (χ4n) is 1.50. The molecule has 0 bridgehead atoms. The van der Waals surface area contributed by atoms with Gasteiger partial charge in [0.25, 0.3) is 0 Å². The Kier molecular flexibility index (Phi) is 4.26. The van der Waals surface area contributed by atoms with Gasteiger partial charge >= 0.3 is 0 Å². The van der Waals surface area contributed by atoms with Gasteiger partial charge in [0.05, 0.1) is 15.6 Å². The molecule has 1 heterocycles. The summed E-state index contributed by atoms with van der Waals surface area (Å²) < 4.78 is 31.3. The standard InChI is InChI=1S/C11H13ClN4O3S/c1-7-15-11(16-19-7)4-5-14-20(17,18)8-2-3-10(13)9(12)6-8/h2-3,6,14H,4-5,13H2,1H3. The van der Waals surface area contributed by atoms with E-state index in [2.05, 4.69) is 14.9 Å². The smallest absolute Gasteiger partial charge is 0.240 e. The summed E-state index contributed by atoms with van der Waals surface area (Å²) in [6.45, 7) is 1.82. The third-order valence-corrected chi connectivity index (χ3v) is 4.28. The molecule has 0 fully saturated rings. The van der Waals surface area contributed by atoms with Gasteiger partial charge in [0.1, 0.15) is 0 Å². The molecule has 0 amide bonds. The van der Waals surface area contributed by atoms with Gasteiger partial charge in [-0.05, 0) is 18.2 Å². The minimum absolute atomic E-state index is 0.0565. The highest BCUT2D eigenvalue weighted by Gasteiger charge is 2.15. The summed E-state index contributed by atoms with van der Waals surface area (Å²) in [4.78, 5) is 4.03. The Morgan fingerprint density at radius 3 is 2.80 bits per heavy atom. The SMILES string of the molecule is Cc1nc(CCNS(=O)(=O)c2ccc(N)c(Cl)c2)no1. The molecular formula is C11H13ClN4O3S. The molecule has 0 aliphatic rings. The summed E-state index contributed by atoms with van der Waals surface area (Å²) in [6.07, 6.45) is 0.333. The first-order chi connectivity index (χ1) is 9.38. The second-order valence-electron chi connectivity index (χ2n) is 4.06. The number of sulfonamides is 1. The number of nitrogens with zero attached hydrogens (tertiary/aromatic N) is 2. The summed E-state index contributed by atoms with van der Waals surface area (Å²) in [5.41, 5.74) is 5.86. The molecular weight excluding hydrogens is 304 g/mol. The topological polar surface area (TPSA) is 111 Å². The van der Waals surface area contributed by atoms with Crippen LogP contribution in [-0.4, -0.2) is 25.1 Å². The molecule has 0 saturated heterocycles. The van der Waals surface area contributed by atoms with E-state index in [-0.39, 0.29) is 16.5 Å². The number of rotatable bonds is 5. The molecule has 9 heteroatoms. The van der Waals surface area contributed by atoms with E-state index >= 15 is 0 Å². The van der Waals surface area contributed by atoms with Crippen molar-refractivity contribution in [2.75, 3.05) is 12.3 Å². The van der Waals surface area contributed by atoms with Gasteiger partial charge in [-0.2, -0.15) is 4.98 Å². The average Bonchev–Trinajstić information content (AvgIpc) is 2.78. The van der Waals surface area contributed by atoms with E-state index in [0.29, 0.717) is 23.8 Å². The van der Waals surface area contributed by atoms with E-state index in [1.54, 1.807) is 6.92 Å². The van der Waals surface area contributed by atoms with Gasteiger partial charge in [-0.3, -0.25) is 0 Å². The van der Waals surface area contributed by atoms with Crippen molar-refractivity contribution >= 4 is 27.3 Å². The molecule has 20 heavy (non-hydrogen) atoms. The first-order valence-electron chi connectivity index (χ1n) is 5.72. The molecule has 0 spiro atoms. The van der Waals surface area contributed by atoms with Crippen LogP contribution in [0.15, 0.2) is 27.6 Å². The first kappa shape index (κ1) is 14.8. The van der Waals surface area contributed by atoms with Gasteiger partial charge in [-0.1, -0.05) is 16.8 Å². The zero-order valence-corrected chi connectivity index (χ0v) is 12.2. The van der Waals surface area contributed by atoms with Gasteiger partial charge in [-0.25, -0.2) is 13.1 Å². The quantitative estimate of drug-likeness (QED) is 0.800. The van der Waals surface area contributed by atoms with Crippen LogP contribution in [-0.2, 0) is 16.4 Å². The Labute approximate surface area is 121 Å². The normalized spacial score (nSPS) is 11.7. The number of aryl methyl sites for hydroxylation is 1. The molecule has 1 aromatic carbocycles. The Morgan fingerprint density at radius 2 is 2.20 bits per heavy atom. The number of anilines is 1. The predicted molar refractivity (Wildman–Crippen MR) is 73.8 cm³/mol. The maximum absolute atomic E-state index is 12.0. The average molecular weight is 317 g/mol. The predicted octanol–water partition coefficient (Wildman–Crippen LogP) is 1.13. The fourth-order valence-corrected chi connectivity index (χ4v) is 2.80. The Balaban J connectivity index is 2.02. The van der Waals surface area contributed by atoms with Gasteiger partial charge in [0.15, 0.2) is 5.82 Å². The van der Waals surface area contributed by atoms with Crippen molar-refractivity contribution < 1.29 is 12.9 Å². The van der Waals surface area contributed by atoms with Crippen LogP contribution in [0.3, 0.4) is 0 Å². The molecule has 0 aliphatic carbocycles. The molecule has 2 aromatic rings. The number of nitrogen functional groups attached to an aromatic ring is 1. The summed E-state index contributed by atoms with van der Waals surface area (Å²) in [7, 11) is -3.64. The van der Waals surface area contributed by atoms with Crippen molar-refractivity contribution in [1.82, 2.24) is 14.9 Å². The van der Waals surface area contributed by atoms with Gasteiger partial charge < -0.3 is 10.3 Å². The van der Waals surface area contributed by atoms with Crippen LogP contribution in [0, 0.1) is 6.92 Å². The highest BCUT2D eigenvalue weighted by molar-refractivity contribution is 7.89. The lowest BCUT2D eigenvalue weighted by molar-refractivity contribution is 0.387. The van der Waals surface area contributed by atoms with E-state index in [1.165, 1.54) is 18.2 Å². The van der Waals surface area contributed by atoms with Crippen LogP contribution in [0.2, 0.25) is 5.02 Å². The van der Waals surface area contributed by atoms with Crippen LogP contribution in [0.1, 0.15) is 11.7 Å². The number of nitrogens with one attached hydrogen (secondary N) is 1. The number of halogens is 1. The number of hydrogen-bond acceptors (Lipinski definition) is 6. The van der Waals surface area contributed by atoms with Gasteiger partial charge in [0.2, 0.25) is 15.9 Å². The summed E-state index contributed by atoms with van der Waals surface area (Å²) in [6, 6.07) is 4.14. The lowest BCUT2D eigenvalue weighted by Crippen LogP contribution is -2.26. The molecule has 0 aliphatic heterocycles. The molecule has 0 atom stereocenters. The van der Waals surface area contributed by atoms with Crippen molar-refractivity contribution in [3.05, 3.63) is 34.9 Å². The Bertz CT molecular complexity index is 714. The molecule has 0 saturated carbocycles. The van der Waals surface area contributed by atoms with Crippen molar-refractivity contribution in [3.8, 4) is 0 Å². The van der Waals surface area contributed by atoms with Crippen molar-refractivity contribution in [2.45, 2.75) is 18.2 Å². The third kappa shape index (κ3) is 3.47. The van der Waals surface area contributed by atoms with E-state index in [1.807, 2.05) is 0 Å². The summed E-state index contributed by atoms with van der Waals surface area (Å²) >= 11 is 5.80. The largest absolute Gasteiger partial charge is 0.398 e. The van der Waals surface area contributed by atoms with Crippen LogP contribution < -0.4 is 10.5 Å². The van der Waals surface area contributed by atoms with Crippen LogP contribution in [0.25, 0.3) is 0 Å². The van der Waals surface area contributed by atoms with Crippen LogP contribution >= 0.6 is 11.6 Å². The molecule has 7 nitrogen and oxygen atoms in total. The first-order valence-corrected chi connectivity index (χ1v) is 7.58. The number of nitrogens with two attached hydrogens (primary N) is 1. The lowest BCUT2D eigenvalue weighted by Gasteiger charge is -2.07. The zero-order valence-electron chi connectivity index (χ0n) is 10.6. The molecule has 2 rings (SSSR count). The highest BCUT2D eigenvalue weighted by atomic mass is 35.5. The number of hydrogen-bond donors (Lipinski definition) is 2. The number of benzene rings is 1. The molecule has 1 aromatic heterocycles. The fraction of sp³-hybridized carbons (Fsp3) is 0.273. The van der Waals surface area contributed by atoms with Gasteiger partial charge in [0, 0.05) is 19.9 Å². The van der Waals surface area contributed by atoms with E-state index in [4.69, 9.17) is 21.9 Å². The summed E-state index contributed by atoms with van der Waals surface area (Å²) in [5, 5.41) is 3.87. The molecule has 0 radical (unpaired) electrons. The van der Waals surface area contributed by atoms with Crippen molar-refractivity contribution in [2.24, 2.45) is 0 Å². The molecule has 0 unspecified atom stereocenters. The Hall–Kier alpha value is -1.64. The van der Waals surface area contributed by atoms with Crippen LogP contribution in [0.4, 0.5) is 5.69 Å². The number of aromatic nitrogens is 2. The van der Waals surface area contributed by atoms with E-state index in [0.717, 1.165) is 0 Å². The maximum Gasteiger partial charge on any atom is 0.240 e. The monoisotopic (exact) mass is 316 g/mol. The second-order valence-corrected chi connectivity index (χ2v) is 6.23. The Morgan fingerprint density at radius 1 is 1.45 bits per heavy atom. The van der Waals surface area contributed by atoms with Crippen molar-refractivity contribution in [1.29, 1.82) is 0 Å². The third-order valence-electron chi connectivity index (χ3n) is 2.49.